The van der Waals surface area contributed by atoms with E-state index in [1.165, 1.54) is 14.2 Å². The van der Waals surface area contributed by atoms with Crippen LogP contribution in [-0.4, -0.2) is 27.0 Å². The van der Waals surface area contributed by atoms with E-state index < -0.39 is 12.8 Å². The van der Waals surface area contributed by atoms with Crippen molar-refractivity contribution < 1.29 is 12.2 Å². The molecule has 0 fully saturated rings. The average Bonchev–Trinajstić information content (AvgIpc) is 2.29. The molecule has 15 heavy (non-hydrogen) atoms. The van der Waals surface area contributed by atoms with Gasteiger partial charge in [0.25, 0.3) is 0 Å². The fourth-order valence-electron chi connectivity index (χ4n) is 1.05. The molecule has 1 rings (SSSR count). The summed E-state index contributed by atoms with van der Waals surface area (Å²) in [6.45, 7) is -1.33. The van der Waals surface area contributed by atoms with E-state index in [1.54, 1.807) is 0 Å². The molecule has 1 aromatic rings. The van der Waals surface area contributed by atoms with Gasteiger partial charge < -0.3 is 14.8 Å². The van der Waals surface area contributed by atoms with Crippen LogP contribution >= 0.6 is 15.9 Å². The monoisotopic (exact) mass is 275 g/mol. The smallest absolute Gasteiger partial charge is 0.169 e. The summed E-state index contributed by atoms with van der Waals surface area (Å²) >= 11 is 3.35. The van der Waals surface area contributed by atoms with E-state index in [-0.39, 0.29) is 0 Å². The van der Waals surface area contributed by atoms with Gasteiger partial charge in [0.05, 0.1) is 0 Å². The lowest BCUT2D eigenvalue weighted by Crippen LogP contribution is -2.29. The van der Waals surface area contributed by atoms with Crippen molar-refractivity contribution in [3.63, 3.8) is 0 Å². The van der Waals surface area contributed by atoms with E-state index in [1.807, 2.05) is 24.3 Å². The highest BCUT2D eigenvalue weighted by Crippen LogP contribution is 2.10. The van der Waals surface area contributed by atoms with Crippen molar-refractivity contribution in [1.29, 1.82) is 0 Å². The van der Waals surface area contributed by atoms with Gasteiger partial charge in [0.2, 0.25) is 0 Å². The highest BCUT2D eigenvalue weighted by molar-refractivity contribution is 9.10. The molecule has 0 atom stereocenters. The van der Waals surface area contributed by atoms with E-state index in [9.17, 15) is 0 Å². The second kappa shape index (κ2) is 6.95. The van der Waals surface area contributed by atoms with Crippen LogP contribution in [-0.2, 0) is 16.0 Å². The Morgan fingerprint density at radius 1 is 1.33 bits per heavy atom. The second-order valence-corrected chi connectivity index (χ2v) is 3.84. The van der Waals surface area contributed by atoms with Crippen LogP contribution in [0.2, 0.25) is 0 Å². The predicted molar refractivity (Wildman–Crippen MR) is 63.7 cm³/mol. The number of benzene rings is 1. The molecule has 4 heteroatoms. The van der Waals surface area contributed by atoms with Crippen LogP contribution in [0.25, 0.3) is 0 Å². The summed E-state index contributed by atoms with van der Waals surface area (Å²) in [4.78, 5) is 0. The number of nitrogens with one attached hydrogen (secondary N) is 1. The van der Waals surface area contributed by atoms with Gasteiger partial charge in [-0.2, -0.15) is 0 Å². The first-order chi connectivity index (χ1) is 7.99. The fourth-order valence-corrected chi connectivity index (χ4v) is 1.32. The Balaban J connectivity index is 2.57. The van der Waals surface area contributed by atoms with Gasteiger partial charge in [0.1, 0.15) is 0 Å². The number of rotatable bonds is 6. The summed E-state index contributed by atoms with van der Waals surface area (Å²) in [5, 5.41) is 2.76. The molecular formula is C11H16BrNO2. The molecule has 0 amide bonds. The third-order valence-corrected chi connectivity index (χ3v) is 2.38. The summed E-state index contributed by atoms with van der Waals surface area (Å²) in [7, 11) is 2.82. The van der Waals surface area contributed by atoms with Gasteiger partial charge >= 0.3 is 0 Å². The van der Waals surface area contributed by atoms with Gasteiger partial charge in [0.15, 0.2) is 6.29 Å². The van der Waals surface area contributed by atoms with Gasteiger partial charge in [0, 0.05) is 34.5 Å². The molecule has 0 aliphatic carbocycles. The summed E-state index contributed by atoms with van der Waals surface area (Å²) in [6.07, 6.45) is -0.932. The predicted octanol–water partition coefficient (Wildman–Crippen LogP) is 2.16. The van der Waals surface area contributed by atoms with Crippen LogP contribution < -0.4 is 5.32 Å². The van der Waals surface area contributed by atoms with Gasteiger partial charge in [-0.25, -0.2) is 0 Å². The Morgan fingerprint density at radius 2 is 1.93 bits per heavy atom. The van der Waals surface area contributed by atoms with Crippen molar-refractivity contribution in [3.8, 4) is 0 Å². The Labute approximate surface area is 102 Å². The van der Waals surface area contributed by atoms with Crippen molar-refractivity contribution in [2.75, 3.05) is 20.7 Å². The third kappa shape index (κ3) is 4.75. The van der Waals surface area contributed by atoms with Crippen LogP contribution in [0.15, 0.2) is 28.7 Å². The summed E-state index contributed by atoms with van der Waals surface area (Å²) < 4.78 is 26.3. The number of methoxy groups -OCH3 is 2. The molecule has 0 spiro atoms. The maximum absolute atomic E-state index is 7.77. The van der Waals surface area contributed by atoms with Crippen LogP contribution in [0.4, 0.5) is 0 Å². The first-order valence-corrected chi connectivity index (χ1v) is 5.34. The molecule has 84 valence electrons. The molecule has 0 bridgehead atoms. The maximum Gasteiger partial charge on any atom is 0.169 e. The van der Waals surface area contributed by atoms with Crippen LogP contribution in [0.1, 0.15) is 8.30 Å². The fraction of sp³-hybridized carbons (Fsp3) is 0.455. The summed E-state index contributed by atoms with van der Waals surface area (Å²) in [5.74, 6) is 0. The quantitative estimate of drug-likeness (QED) is 0.808. The molecular weight excluding hydrogens is 258 g/mol. The highest BCUT2D eigenvalue weighted by Gasteiger charge is 2.03. The highest BCUT2D eigenvalue weighted by atomic mass is 79.9. The zero-order chi connectivity index (χ0) is 12.9. The van der Waals surface area contributed by atoms with Crippen LogP contribution in [0.3, 0.4) is 0 Å². The van der Waals surface area contributed by atoms with Crippen molar-refractivity contribution in [1.82, 2.24) is 5.32 Å². The topological polar surface area (TPSA) is 30.5 Å². The molecule has 1 aromatic carbocycles. The van der Waals surface area contributed by atoms with Crippen LogP contribution in [0, 0.1) is 0 Å². The molecule has 0 heterocycles. The first kappa shape index (κ1) is 9.78. The number of halogens is 1. The van der Waals surface area contributed by atoms with Gasteiger partial charge in [-0.1, -0.05) is 28.1 Å². The van der Waals surface area contributed by atoms with Gasteiger partial charge in [-0.3, -0.25) is 0 Å². The van der Waals surface area contributed by atoms with Crippen molar-refractivity contribution in [2.45, 2.75) is 12.8 Å². The molecule has 0 aliphatic rings. The molecule has 0 saturated carbocycles. The molecule has 0 unspecified atom stereocenters. The molecule has 1 N–H and O–H groups in total. The van der Waals surface area contributed by atoms with E-state index in [0.29, 0.717) is 6.54 Å². The minimum atomic E-state index is -1.74. The van der Waals surface area contributed by atoms with Crippen molar-refractivity contribution in [3.05, 3.63) is 34.3 Å². The minimum absolute atomic E-state index is 0.406. The lowest BCUT2D eigenvalue weighted by Gasteiger charge is -2.13. The average molecular weight is 276 g/mol. The normalized spacial score (nSPS) is 13.9. The van der Waals surface area contributed by atoms with E-state index in [2.05, 4.69) is 21.2 Å². The zero-order valence-electron chi connectivity index (χ0n) is 10.8. The van der Waals surface area contributed by atoms with Crippen molar-refractivity contribution in [2.24, 2.45) is 0 Å². The number of hydrogen-bond donors (Lipinski definition) is 1. The molecule has 3 nitrogen and oxygen atoms in total. The molecule has 0 saturated heterocycles. The zero-order valence-corrected chi connectivity index (χ0v) is 10.4. The largest absolute Gasteiger partial charge is 0.355 e. The lowest BCUT2D eigenvalue weighted by molar-refractivity contribution is -0.0989. The van der Waals surface area contributed by atoms with E-state index in [4.69, 9.17) is 12.2 Å². The standard InChI is InChI=1S/C11H16BrNO2/c1-14-11(15-2)8-13-7-9-3-5-10(12)6-4-9/h3-6,11,13H,7-8H2,1-2H3/i8D2. The summed E-state index contributed by atoms with van der Waals surface area (Å²) in [5.41, 5.74) is 0.989. The van der Waals surface area contributed by atoms with Gasteiger partial charge in [-0.15, -0.1) is 0 Å². The van der Waals surface area contributed by atoms with Crippen molar-refractivity contribution >= 4 is 15.9 Å². The Hall–Kier alpha value is -0.420. The van der Waals surface area contributed by atoms with Crippen LogP contribution in [0.5, 0.6) is 0 Å². The number of ether oxygens (including phenoxy) is 2. The number of hydrogen-bond acceptors (Lipinski definition) is 3. The first-order valence-electron chi connectivity index (χ1n) is 5.54. The third-order valence-electron chi connectivity index (χ3n) is 1.85. The summed E-state index contributed by atoms with van der Waals surface area (Å²) in [6, 6.07) is 7.66. The molecule has 0 aromatic heterocycles. The molecule has 0 radical (unpaired) electrons. The maximum atomic E-state index is 7.77. The Morgan fingerprint density at radius 3 is 2.47 bits per heavy atom. The lowest BCUT2D eigenvalue weighted by atomic mass is 10.2. The Kier molecular flexibility index (Phi) is 4.53. The Bertz CT molecular complexity index is 342. The van der Waals surface area contributed by atoms with Gasteiger partial charge in [-0.05, 0) is 17.7 Å². The van der Waals surface area contributed by atoms with E-state index >= 15 is 0 Å². The second-order valence-electron chi connectivity index (χ2n) is 2.93. The minimum Gasteiger partial charge on any atom is -0.355 e. The molecule has 0 aliphatic heterocycles. The van der Waals surface area contributed by atoms with E-state index in [0.717, 1.165) is 10.0 Å². The SMILES string of the molecule is [2H]C([2H])(NCc1ccc(Br)cc1)C(OC)OC.